The Morgan fingerprint density at radius 1 is 1.38 bits per heavy atom. The van der Waals surface area contributed by atoms with Crippen LogP contribution in [0.5, 0.6) is 0 Å². The molecule has 0 atom stereocenters. The number of anilines is 1. The zero-order valence-electron chi connectivity index (χ0n) is 8.97. The normalized spacial score (nSPS) is 15.2. The maximum absolute atomic E-state index is 4.33. The second-order valence-electron chi connectivity index (χ2n) is 4.04. The van der Waals surface area contributed by atoms with E-state index in [0.29, 0.717) is 6.04 Å². The Labute approximate surface area is 98.4 Å². The highest BCUT2D eigenvalue weighted by molar-refractivity contribution is 7.09. The average molecular weight is 234 g/mol. The summed E-state index contributed by atoms with van der Waals surface area (Å²) in [4.78, 5) is 8.61. The molecule has 0 radical (unpaired) electrons. The Kier molecular flexibility index (Phi) is 2.61. The van der Waals surface area contributed by atoms with Crippen molar-refractivity contribution in [2.45, 2.75) is 31.8 Å². The minimum atomic E-state index is 0.654. The molecule has 1 aliphatic rings. The summed E-state index contributed by atoms with van der Waals surface area (Å²) in [6.07, 6.45) is 9.27. The highest BCUT2D eigenvalue weighted by Crippen LogP contribution is 2.23. The SMILES string of the molecule is c1csc(CCn2ccnc2NC2CC2)n1. The van der Waals surface area contributed by atoms with Gasteiger partial charge in [-0.05, 0) is 12.8 Å². The number of nitrogens with one attached hydrogen (secondary N) is 1. The van der Waals surface area contributed by atoms with Gasteiger partial charge in [-0.2, -0.15) is 0 Å². The summed E-state index contributed by atoms with van der Waals surface area (Å²) in [6.45, 7) is 0.947. The number of rotatable bonds is 5. The summed E-state index contributed by atoms with van der Waals surface area (Å²) >= 11 is 1.71. The minimum Gasteiger partial charge on any atom is -0.353 e. The van der Waals surface area contributed by atoms with Crippen molar-refractivity contribution in [2.75, 3.05) is 5.32 Å². The van der Waals surface area contributed by atoms with Gasteiger partial charge in [0.2, 0.25) is 5.95 Å². The van der Waals surface area contributed by atoms with Gasteiger partial charge in [0.05, 0.1) is 5.01 Å². The van der Waals surface area contributed by atoms with E-state index in [4.69, 9.17) is 0 Å². The summed E-state index contributed by atoms with van der Waals surface area (Å²) in [5, 5.41) is 6.64. The summed E-state index contributed by atoms with van der Waals surface area (Å²) in [5.41, 5.74) is 0. The average Bonchev–Trinajstić information content (AvgIpc) is 2.80. The van der Waals surface area contributed by atoms with Gasteiger partial charge < -0.3 is 9.88 Å². The molecule has 1 fully saturated rings. The van der Waals surface area contributed by atoms with Crippen LogP contribution in [-0.2, 0) is 13.0 Å². The number of hydrogen-bond acceptors (Lipinski definition) is 4. The predicted molar refractivity (Wildman–Crippen MR) is 64.7 cm³/mol. The van der Waals surface area contributed by atoms with Crippen LogP contribution in [0, 0.1) is 0 Å². The maximum atomic E-state index is 4.33. The number of imidazole rings is 1. The molecule has 2 aromatic rings. The number of aromatic nitrogens is 3. The molecule has 2 heterocycles. The molecule has 84 valence electrons. The molecular weight excluding hydrogens is 220 g/mol. The molecule has 0 unspecified atom stereocenters. The van der Waals surface area contributed by atoms with Crippen LogP contribution in [0.3, 0.4) is 0 Å². The first-order valence-electron chi connectivity index (χ1n) is 5.58. The van der Waals surface area contributed by atoms with Gasteiger partial charge in [-0.25, -0.2) is 9.97 Å². The summed E-state index contributed by atoms with van der Waals surface area (Å²) in [6, 6.07) is 0.654. The van der Waals surface area contributed by atoms with Gasteiger partial charge in [0, 0.05) is 43.0 Å². The lowest BCUT2D eigenvalue weighted by atomic mass is 10.4. The smallest absolute Gasteiger partial charge is 0.202 e. The molecule has 0 saturated heterocycles. The van der Waals surface area contributed by atoms with Crippen molar-refractivity contribution in [3.8, 4) is 0 Å². The van der Waals surface area contributed by atoms with E-state index in [1.807, 2.05) is 24.0 Å². The zero-order chi connectivity index (χ0) is 10.8. The van der Waals surface area contributed by atoms with Crippen molar-refractivity contribution in [1.29, 1.82) is 0 Å². The fourth-order valence-electron chi connectivity index (χ4n) is 1.63. The van der Waals surface area contributed by atoms with Gasteiger partial charge in [-0.1, -0.05) is 0 Å². The van der Waals surface area contributed by atoms with Crippen LogP contribution in [0.2, 0.25) is 0 Å². The number of hydrogen-bond donors (Lipinski definition) is 1. The second kappa shape index (κ2) is 4.25. The van der Waals surface area contributed by atoms with Crippen LogP contribution >= 0.6 is 11.3 Å². The van der Waals surface area contributed by atoms with Crippen LogP contribution < -0.4 is 5.32 Å². The Hall–Kier alpha value is -1.36. The van der Waals surface area contributed by atoms with E-state index in [9.17, 15) is 0 Å². The zero-order valence-corrected chi connectivity index (χ0v) is 9.78. The maximum Gasteiger partial charge on any atom is 0.202 e. The first-order valence-corrected chi connectivity index (χ1v) is 6.46. The molecule has 5 heteroatoms. The summed E-state index contributed by atoms with van der Waals surface area (Å²) in [7, 11) is 0. The first-order chi connectivity index (χ1) is 7.92. The molecule has 0 aromatic carbocycles. The highest BCUT2D eigenvalue weighted by Gasteiger charge is 2.22. The fraction of sp³-hybridized carbons (Fsp3) is 0.455. The number of nitrogens with zero attached hydrogens (tertiary/aromatic N) is 3. The molecule has 0 spiro atoms. The molecule has 0 amide bonds. The Morgan fingerprint density at radius 3 is 3.06 bits per heavy atom. The van der Waals surface area contributed by atoms with Gasteiger partial charge in [-0.3, -0.25) is 0 Å². The topological polar surface area (TPSA) is 42.7 Å². The van der Waals surface area contributed by atoms with Crippen LogP contribution in [0.15, 0.2) is 24.0 Å². The van der Waals surface area contributed by atoms with Crippen molar-refractivity contribution in [2.24, 2.45) is 0 Å². The molecule has 1 N–H and O–H groups in total. The van der Waals surface area contributed by atoms with Gasteiger partial charge >= 0.3 is 0 Å². The number of aryl methyl sites for hydroxylation is 2. The summed E-state index contributed by atoms with van der Waals surface area (Å²) in [5.74, 6) is 0.999. The van der Waals surface area contributed by atoms with E-state index in [1.54, 1.807) is 11.3 Å². The molecular formula is C11H14N4S. The van der Waals surface area contributed by atoms with E-state index < -0.39 is 0 Å². The molecule has 2 aromatic heterocycles. The quantitative estimate of drug-likeness (QED) is 0.862. The van der Waals surface area contributed by atoms with E-state index >= 15 is 0 Å². The molecule has 0 bridgehead atoms. The van der Waals surface area contributed by atoms with Crippen molar-refractivity contribution in [1.82, 2.24) is 14.5 Å². The van der Waals surface area contributed by atoms with Gasteiger partial charge in [-0.15, -0.1) is 11.3 Å². The molecule has 4 nitrogen and oxygen atoms in total. The first kappa shape index (κ1) is 9.84. The lowest BCUT2D eigenvalue weighted by Crippen LogP contribution is -2.10. The standard InChI is InChI=1S/C11H14N4S/c1-2-9(1)14-11-13-4-7-15(11)6-3-10-12-5-8-16-10/h4-5,7-9H,1-3,6H2,(H,13,14). The fourth-order valence-corrected chi connectivity index (χ4v) is 2.24. The van der Waals surface area contributed by atoms with E-state index in [0.717, 1.165) is 18.9 Å². The Morgan fingerprint density at radius 2 is 2.31 bits per heavy atom. The second-order valence-corrected chi connectivity index (χ2v) is 5.02. The third-order valence-corrected chi connectivity index (χ3v) is 3.52. The Bertz CT molecular complexity index is 444. The number of thiazole rings is 1. The highest BCUT2D eigenvalue weighted by atomic mass is 32.1. The van der Waals surface area contributed by atoms with Crippen molar-refractivity contribution in [3.63, 3.8) is 0 Å². The van der Waals surface area contributed by atoms with Gasteiger partial charge in [0.1, 0.15) is 0 Å². The molecule has 16 heavy (non-hydrogen) atoms. The monoisotopic (exact) mass is 234 g/mol. The third-order valence-electron chi connectivity index (χ3n) is 2.68. The van der Waals surface area contributed by atoms with Gasteiger partial charge in [0.15, 0.2) is 0 Å². The summed E-state index contributed by atoms with van der Waals surface area (Å²) < 4.78 is 2.17. The van der Waals surface area contributed by atoms with Crippen molar-refractivity contribution >= 4 is 17.3 Å². The minimum absolute atomic E-state index is 0.654. The lowest BCUT2D eigenvalue weighted by molar-refractivity contribution is 0.696. The van der Waals surface area contributed by atoms with E-state index in [2.05, 4.69) is 19.9 Å². The predicted octanol–water partition coefficient (Wildman–Crippen LogP) is 2.16. The molecule has 1 aliphatic carbocycles. The van der Waals surface area contributed by atoms with Gasteiger partial charge in [0.25, 0.3) is 0 Å². The van der Waals surface area contributed by atoms with Crippen LogP contribution in [0.1, 0.15) is 17.8 Å². The largest absolute Gasteiger partial charge is 0.353 e. The van der Waals surface area contributed by atoms with E-state index in [-0.39, 0.29) is 0 Å². The molecule has 1 saturated carbocycles. The van der Waals surface area contributed by atoms with Crippen LogP contribution in [0.4, 0.5) is 5.95 Å². The molecule has 3 rings (SSSR count). The van der Waals surface area contributed by atoms with Crippen molar-refractivity contribution < 1.29 is 0 Å². The molecule has 0 aliphatic heterocycles. The van der Waals surface area contributed by atoms with E-state index in [1.165, 1.54) is 17.8 Å². The van der Waals surface area contributed by atoms with Crippen LogP contribution in [-0.4, -0.2) is 20.6 Å². The lowest BCUT2D eigenvalue weighted by Gasteiger charge is -2.07. The third kappa shape index (κ3) is 2.24. The van der Waals surface area contributed by atoms with Crippen molar-refractivity contribution in [3.05, 3.63) is 29.0 Å². The van der Waals surface area contributed by atoms with Crippen LogP contribution in [0.25, 0.3) is 0 Å². The Balaban J connectivity index is 1.62.